The first-order chi connectivity index (χ1) is 12.8. The fourth-order valence-electron chi connectivity index (χ4n) is 2.80. The first-order valence-corrected chi connectivity index (χ1v) is 10.3. The molecule has 0 aliphatic carbocycles. The minimum atomic E-state index is -3.98. The fourth-order valence-corrected chi connectivity index (χ4v) is 4.67. The lowest BCUT2D eigenvalue weighted by Gasteiger charge is -2.16. The van der Waals surface area contributed by atoms with Crippen molar-refractivity contribution in [2.45, 2.75) is 11.0 Å². The van der Waals surface area contributed by atoms with Crippen LogP contribution in [0.25, 0.3) is 10.8 Å². The van der Waals surface area contributed by atoms with E-state index in [0.717, 1.165) is 10.8 Å². The monoisotopic (exact) mass is 425 g/mol. The maximum atomic E-state index is 12.6. The number of aliphatic hydroxyl groups excluding tert-OH is 1. The molecule has 142 valence electrons. The van der Waals surface area contributed by atoms with E-state index in [4.69, 9.17) is 27.9 Å². The topological polar surface area (TPSA) is 75.6 Å². The van der Waals surface area contributed by atoms with Gasteiger partial charge in [-0.05, 0) is 28.5 Å². The van der Waals surface area contributed by atoms with Crippen molar-refractivity contribution in [3.8, 4) is 5.75 Å². The van der Waals surface area contributed by atoms with Crippen LogP contribution in [-0.2, 0) is 10.0 Å². The molecule has 0 fully saturated rings. The second kappa shape index (κ2) is 8.04. The van der Waals surface area contributed by atoms with Crippen molar-refractivity contribution in [3.05, 3.63) is 70.2 Å². The molecule has 5 nitrogen and oxygen atoms in total. The van der Waals surface area contributed by atoms with Gasteiger partial charge in [-0.1, -0.05) is 65.7 Å². The van der Waals surface area contributed by atoms with Crippen LogP contribution < -0.4 is 9.46 Å². The van der Waals surface area contributed by atoms with E-state index >= 15 is 0 Å². The molecule has 0 aromatic heterocycles. The van der Waals surface area contributed by atoms with E-state index in [-0.39, 0.29) is 27.2 Å². The zero-order chi connectivity index (χ0) is 19.6. The standard InChI is InChI=1S/C19H17Cl2NO4S/c1-26-16-9-10-17(19(21)18(16)20)27(24,25)22-11-15(23)14-8-4-6-12-5-2-3-7-13(12)14/h2-10,15,22-23H,11H2,1H3. The number of benzene rings is 3. The van der Waals surface area contributed by atoms with Crippen molar-refractivity contribution in [2.75, 3.05) is 13.7 Å². The average molecular weight is 426 g/mol. The Labute approximate surface area is 167 Å². The van der Waals surface area contributed by atoms with Gasteiger partial charge < -0.3 is 9.84 Å². The molecule has 8 heteroatoms. The van der Waals surface area contributed by atoms with Gasteiger partial charge in [0.05, 0.1) is 18.2 Å². The van der Waals surface area contributed by atoms with Crippen LogP contribution in [0.5, 0.6) is 5.75 Å². The molecule has 0 heterocycles. The third kappa shape index (κ3) is 4.05. The molecule has 3 rings (SSSR count). The van der Waals surface area contributed by atoms with Gasteiger partial charge >= 0.3 is 0 Å². The van der Waals surface area contributed by atoms with Crippen LogP contribution in [-0.4, -0.2) is 27.2 Å². The number of rotatable bonds is 6. The Bertz CT molecular complexity index is 1080. The van der Waals surface area contributed by atoms with Gasteiger partial charge in [0.25, 0.3) is 0 Å². The van der Waals surface area contributed by atoms with Gasteiger partial charge in [-0.25, -0.2) is 13.1 Å². The second-order valence-electron chi connectivity index (χ2n) is 5.83. The van der Waals surface area contributed by atoms with Crippen molar-refractivity contribution in [1.82, 2.24) is 4.72 Å². The Morgan fingerprint density at radius 2 is 1.74 bits per heavy atom. The summed E-state index contributed by atoms with van der Waals surface area (Å²) in [7, 11) is -2.57. The predicted molar refractivity (Wildman–Crippen MR) is 107 cm³/mol. The predicted octanol–water partition coefficient (Wildman–Crippen LogP) is 4.17. The Kier molecular flexibility index (Phi) is 5.93. The van der Waals surface area contributed by atoms with Gasteiger partial charge in [-0.15, -0.1) is 0 Å². The maximum Gasteiger partial charge on any atom is 0.242 e. The van der Waals surface area contributed by atoms with Gasteiger partial charge in [0.2, 0.25) is 10.0 Å². The number of hydrogen-bond acceptors (Lipinski definition) is 4. The number of methoxy groups -OCH3 is 1. The molecule has 0 saturated carbocycles. The van der Waals surface area contributed by atoms with E-state index in [0.29, 0.717) is 5.56 Å². The Balaban J connectivity index is 1.84. The summed E-state index contributed by atoms with van der Waals surface area (Å²) in [4.78, 5) is -0.180. The summed E-state index contributed by atoms with van der Waals surface area (Å²) in [6, 6.07) is 15.8. The third-order valence-electron chi connectivity index (χ3n) is 4.17. The van der Waals surface area contributed by atoms with Crippen LogP contribution >= 0.6 is 23.2 Å². The molecule has 0 aliphatic heterocycles. The highest BCUT2D eigenvalue weighted by Crippen LogP contribution is 2.36. The van der Waals surface area contributed by atoms with Gasteiger partial charge in [0.1, 0.15) is 15.7 Å². The molecule has 2 N–H and O–H groups in total. The van der Waals surface area contributed by atoms with Crippen LogP contribution in [0.2, 0.25) is 10.0 Å². The van der Waals surface area contributed by atoms with Crippen LogP contribution in [0.15, 0.2) is 59.5 Å². The first kappa shape index (κ1) is 19.9. The molecule has 0 radical (unpaired) electrons. The maximum absolute atomic E-state index is 12.6. The molecule has 3 aromatic rings. The molecule has 0 amide bonds. The normalized spacial score (nSPS) is 12.9. The average Bonchev–Trinajstić information content (AvgIpc) is 2.67. The summed E-state index contributed by atoms with van der Waals surface area (Å²) in [5.41, 5.74) is 0.634. The van der Waals surface area contributed by atoms with Crippen LogP contribution in [0.4, 0.5) is 0 Å². The lowest BCUT2D eigenvalue weighted by molar-refractivity contribution is 0.183. The van der Waals surface area contributed by atoms with E-state index in [1.807, 2.05) is 36.4 Å². The smallest absolute Gasteiger partial charge is 0.242 e. The number of halogens is 2. The van der Waals surface area contributed by atoms with Crippen molar-refractivity contribution in [3.63, 3.8) is 0 Å². The molecule has 0 spiro atoms. The highest BCUT2D eigenvalue weighted by atomic mass is 35.5. The zero-order valence-electron chi connectivity index (χ0n) is 14.3. The molecule has 3 aromatic carbocycles. The van der Waals surface area contributed by atoms with Crippen molar-refractivity contribution in [2.24, 2.45) is 0 Å². The molecule has 0 aliphatic rings. The molecule has 27 heavy (non-hydrogen) atoms. The number of sulfonamides is 1. The van der Waals surface area contributed by atoms with Crippen LogP contribution in [0.1, 0.15) is 11.7 Å². The van der Waals surface area contributed by atoms with Gasteiger partial charge in [-0.3, -0.25) is 0 Å². The van der Waals surface area contributed by atoms with E-state index in [9.17, 15) is 13.5 Å². The van der Waals surface area contributed by atoms with E-state index < -0.39 is 16.1 Å². The summed E-state index contributed by atoms with van der Waals surface area (Å²) in [5, 5.41) is 12.2. The van der Waals surface area contributed by atoms with Crippen molar-refractivity contribution in [1.29, 1.82) is 0 Å². The molecular formula is C19H17Cl2NO4S. The van der Waals surface area contributed by atoms with Crippen molar-refractivity contribution >= 4 is 44.0 Å². The molecule has 1 atom stereocenters. The minimum Gasteiger partial charge on any atom is -0.495 e. The highest BCUT2D eigenvalue weighted by Gasteiger charge is 2.23. The van der Waals surface area contributed by atoms with Gasteiger partial charge in [-0.2, -0.15) is 0 Å². The Morgan fingerprint density at radius 3 is 2.48 bits per heavy atom. The minimum absolute atomic E-state index is 0.0108. The summed E-state index contributed by atoms with van der Waals surface area (Å²) >= 11 is 12.1. The zero-order valence-corrected chi connectivity index (χ0v) is 16.6. The number of hydrogen-bond donors (Lipinski definition) is 2. The first-order valence-electron chi connectivity index (χ1n) is 8.02. The molecular weight excluding hydrogens is 409 g/mol. The van der Waals surface area contributed by atoms with Crippen molar-refractivity contribution < 1.29 is 18.3 Å². The number of aliphatic hydroxyl groups is 1. The summed E-state index contributed by atoms with van der Waals surface area (Å²) in [5.74, 6) is 0.274. The summed E-state index contributed by atoms with van der Waals surface area (Å²) < 4.78 is 32.6. The largest absolute Gasteiger partial charge is 0.495 e. The highest BCUT2D eigenvalue weighted by molar-refractivity contribution is 7.89. The van der Waals surface area contributed by atoms with Gasteiger partial charge in [0.15, 0.2) is 0 Å². The van der Waals surface area contributed by atoms with E-state index in [1.54, 1.807) is 6.07 Å². The molecule has 0 bridgehead atoms. The molecule has 1 unspecified atom stereocenters. The number of fused-ring (bicyclic) bond motifs is 1. The van der Waals surface area contributed by atoms with Crippen LogP contribution in [0, 0.1) is 0 Å². The lowest BCUT2D eigenvalue weighted by atomic mass is 10.0. The Morgan fingerprint density at radius 1 is 1.04 bits per heavy atom. The fraction of sp³-hybridized carbons (Fsp3) is 0.158. The quantitative estimate of drug-likeness (QED) is 0.621. The second-order valence-corrected chi connectivity index (χ2v) is 8.32. The third-order valence-corrected chi connectivity index (χ3v) is 6.61. The van der Waals surface area contributed by atoms with Gasteiger partial charge in [0, 0.05) is 6.54 Å². The number of nitrogens with one attached hydrogen (secondary N) is 1. The summed E-state index contributed by atoms with van der Waals surface area (Å²) in [6.45, 7) is -0.212. The molecule has 0 saturated heterocycles. The Hall–Kier alpha value is -1.83. The lowest BCUT2D eigenvalue weighted by Crippen LogP contribution is -2.29. The SMILES string of the molecule is COc1ccc(S(=O)(=O)NCC(O)c2cccc3ccccc23)c(Cl)c1Cl. The summed E-state index contributed by atoms with van der Waals surface area (Å²) in [6.07, 6.45) is -1.03. The van der Waals surface area contributed by atoms with E-state index in [2.05, 4.69) is 4.72 Å². The number of ether oxygens (including phenoxy) is 1. The van der Waals surface area contributed by atoms with E-state index in [1.165, 1.54) is 19.2 Å². The van der Waals surface area contributed by atoms with Crippen LogP contribution in [0.3, 0.4) is 0 Å².